The maximum absolute atomic E-state index is 12.4. The quantitative estimate of drug-likeness (QED) is 0.697. The summed E-state index contributed by atoms with van der Waals surface area (Å²) in [4.78, 5) is 12.4. The summed E-state index contributed by atoms with van der Waals surface area (Å²) >= 11 is 5.09. The molecular weight excluding hydrogens is 300 g/mol. The Morgan fingerprint density at radius 3 is 2.50 bits per heavy atom. The zero-order valence-electron chi connectivity index (χ0n) is 13.0. The molecule has 0 fully saturated rings. The molecule has 1 N–H and O–H groups in total. The molecular formula is C15H18N4O2S. The van der Waals surface area contributed by atoms with E-state index in [4.69, 9.17) is 17.0 Å². The molecule has 1 aromatic carbocycles. The Morgan fingerprint density at radius 2 is 1.95 bits per heavy atom. The summed E-state index contributed by atoms with van der Waals surface area (Å²) in [6, 6.07) is 7.31. The molecule has 116 valence electrons. The van der Waals surface area contributed by atoms with Crippen molar-refractivity contribution >= 4 is 18.4 Å². The van der Waals surface area contributed by atoms with Crippen molar-refractivity contribution < 1.29 is 4.74 Å². The lowest BCUT2D eigenvalue weighted by Gasteiger charge is -2.16. The predicted octanol–water partition coefficient (Wildman–Crippen LogP) is 2.49. The van der Waals surface area contributed by atoms with Gasteiger partial charge < -0.3 is 4.74 Å². The first-order chi connectivity index (χ1) is 10.3. The lowest BCUT2D eigenvalue weighted by Crippen LogP contribution is -2.32. The molecule has 0 unspecified atom stereocenters. The number of hydrogen-bond donors (Lipinski definition) is 1. The Hall–Kier alpha value is -2.28. The molecule has 0 radical (unpaired) electrons. The van der Waals surface area contributed by atoms with Gasteiger partial charge in [0.05, 0.1) is 13.3 Å². The van der Waals surface area contributed by atoms with Crippen LogP contribution in [0.15, 0.2) is 34.2 Å². The summed E-state index contributed by atoms with van der Waals surface area (Å²) in [6.07, 6.45) is 1.57. The minimum atomic E-state index is -0.395. The fourth-order valence-electron chi connectivity index (χ4n) is 1.80. The van der Waals surface area contributed by atoms with Crippen LogP contribution in [0.4, 0.5) is 0 Å². The van der Waals surface area contributed by atoms with Crippen LogP contribution in [0.1, 0.15) is 32.0 Å². The van der Waals surface area contributed by atoms with E-state index in [1.807, 2.05) is 45.0 Å². The Labute approximate surface area is 133 Å². The van der Waals surface area contributed by atoms with Crippen molar-refractivity contribution in [2.45, 2.75) is 26.2 Å². The van der Waals surface area contributed by atoms with Gasteiger partial charge in [-0.2, -0.15) is 14.9 Å². The zero-order valence-corrected chi connectivity index (χ0v) is 13.8. The van der Waals surface area contributed by atoms with Crippen LogP contribution in [0, 0.1) is 4.77 Å². The number of nitrogens with one attached hydrogen (secondary N) is 1. The third kappa shape index (κ3) is 3.48. The molecule has 0 aliphatic carbocycles. The molecule has 0 saturated heterocycles. The van der Waals surface area contributed by atoms with E-state index in [1.54, 1.807) is 13.3 Å². The van der Waals surface area contributed by atoms with Gasteiger partial charge in [0.2, 0.25) is 4.77 Å². The molecule has 0 amide bonds. The standard InChI is InChI=1S/C15H18N4O2S/c1-15(2,3)12-13(20)19(14(22)18-17-12)16-9-10-5-7-11(21-4)8-6-10/h5-9H,1-4H3,(H,18,22)/b16-9-. The highest BCUT2D eigenvalue weighted by atomic mass is 32.1. The van der Waals surface area contributed by atoms with Crippen LogP contribution in [-0.4, -0.2) is 28.2 Å². The molecule has 0 atom stereocenters. The number of hydrogen-bond acceptors (Lipinski definition) is 5. The molecule has 1 heterocycles. The predicted molar refractivity (Wildman–Crippen MR) is 88.4 cm³/mol. The van der Waals surface area contributed by atoms with Crippen molar-refractivity contribution in [3.05, 3.63) is 50.6 Å². The van der Waals surface area contributed by atoms with Gasteiger partial charge in [0, 0.05) is 5.41 Å². The van der Waals surface area contributed by atoms with E-state index in [0.717, 1.165) is 16.0 Å². The average Bonchev–Trinajstić information content (AvgIpc) is 2.46. The first-order valence-corrected chi connectivity index (χ1v) is 7.14. The van der Waals surface area contributed by atoms with Crippen LogP contribution in [0.2, 0.25) is 0 Å². The Kier molecular flexibility index (Phi) is 4.56. The van der Waals surface area contributed by atoms with Gasteiger partial charge in [0.15, 0.2) is 0 Å². The normalized spacial score (nSPS) is 11.8. The number of nitrogens with zero attached hydrogens (tertiary/aromatic N) is 3. The summed E-state index contributed by atoms with van der Waals surface area (Å²) in [5, 5.41) is 10.9. The van der Waals surface area contributed by atoms with Gasteiger partial charge in [0.1, 0.15) is 11.4 Å². The van der Waals surface area contributed by atoms with Crippen molar-refractivity contribution in [2.75, 3.05) is 7.11 Å². The summed E-state index contributed by atoms with van der Waals surface area (Å²) in [6.45, 7) is 5.72. The molecule has 1 aromatic heterocycles. The molecule has 2 rings (SSSR count). The lowest BCUT2D eigenvalue weighted by atomic mass is 9.93. The molecule has 0 aliphatic heterocycles. The van der Waals surface area contributed by atoms with Gasteiger partial charge in [0.25, 0.3) is 5.56 Å². The van der Waals surface area contributed by atoms with E-state index in [0.29, 0.717) is 5.69 Å². The van der Waals surface area contributed by atoms with Crippen molar-refractivity contribution in [1.29, 1.82) is 0 Å². The minimum absolute atomic E-state index is 0.155. The maximum Gasteiger partial charge on any atom is 0.297 e. The van der Waals surface area contributed by atoms with Crippen LogP contribution in [-0.2, 0) is 5.41 Å². The first kappa shape index (κ1) is 16.1. The van der Waals surface area contributed by atoms with Crippen LogP contribution in [0.3, 0.4) is 0 Å². The molecule has 0 spiro atoms. The highest BCUT2D eigenvalue weighted by Crippen LogP contribution is 2.15. The van der Waals surface area contributed by atoms with Crippen molar-refractivity contribution in [1.82, 2.24) is 14.9 Å². The summed E-state index contributed by atoms with van der Waals surface area (Å²) in [5.74, 6) is 0.755. The molecule has 7 heteroatoms. The Morgan fingerprint density at radius 1 is 1.32 bits per heavy atom. The van der Waals surface area contributed by atoms with Crippen molar-refractivity contribution in [3.63, 3.8) is 0 Å². The van der Waals surface area contributed by atoms with E-state index in [-0.39, 0.29) is 10.3 Å². The second kappa shape index (κ2) is 6.23. The highest BCUT2D eigenvalue weighted by Gasteiger charge is 2.21. The molecule has 6 nitrogen and oxygen atoms in total. The van der Waals surface area contributed by atoms with Gasteiger partial charge in [-0.1, -0.05) is 20.8 Å². The monoisotopic (exact) mass is 318 g/mol. The number of aromatic amines is 1. The smallest absolute Gasteiger partial charge is 0.297 e. The lowest BCUT2D eigenvalue weighted by molar-refractivity contribution is 0.415. The fraction of sp³-hybridized carbons (Fsp3) is 0.333. The molecule has 2 aromatic rings. The largest absolute Gasteiger partial charge is 0.497 e. The van der Waals surface area contributed by atoms with Crippen LogP contribution < -0.4 is 10.3 Å². The van der Waals surface area contributed by atoms with E-state index in [1.165, 1.54) is 0 Å². The number of methoxy groups -OCH3 is 1. The molecule has 0 bridgehead atoms. The molecule has 22 heavy (non-hydrogen) atoms. The topological polar surface area (TPSA) is 72.3 Å². The van der Waals surface area contributed by atoms with Gasteiger partial charge in [-0.3, -0.25) is 9.89 Å². The van der Waals surface area contributed by atoms with E-state index in [2.05, 4.69) is 15.3 Å². The maximum atomic E-state index is 12.4. The zero-order chi connectivity index (χ0) is 16.3. The van der Waals surface area contributed by atoms with Gasteiger partial charge in [-0.25, -0.2) is 0 Å². The van der Waals surface area contributed by atoms with E-state index < -0.39 is 5.41 Å². The van der Waals surface area contributed by atoms with E-state index >= 15 is 0 Å². The third-order valence-corrected chi connectivity index (χ3v) is 3.26. The van der Waals surface area contributed by atoms with Crippen molar-refractivity contribution in [3.8, 4) is 5.75 Å². The van der Waals surface area contributed by atoms with Gasteiger partial charge >= 0.3 is 0 Å². The molecule has 0 saturated carbocycles. The minimum Gasteiger partial charge on any atom is -0.497 e. The van der Waals surface area contributed by atoms with Crippen molar-refractivity contribution in [2.24, 2.45) is 5.10 Å². The Balaban J connectivity index is 2.42. The number of aromatic nitrogens is 3. The average molecular weight is 318 g/mol. The summed E-state index contributed by atoms with van der Waals surface area (Å²) in [7, 11) is 1.60. The first-order valence-electron chi connectivity index (χ1n) is 6.73. The highest BCUT2D eigenvalue weighted by molar-refractivity contribution is 7.71. The van der Waals surface area contributed by atoms with Crippen LogP contribution in [0.5, 0.6) is 5.75 Å². The number of ether oxygens (including phenoxy) is 1. The second-order valence-corrected chi connectivity index (χ2v) is 6.15. The SMILES string of the molecule is COc1ccc(/C=N\n2c(=S)[nH]nc(C(C)(C)C)c2=O)cc1. The Bertz CT molecular complexity index is 798. The second-order valence-electron chi connectivity index (χ2n) is 5.76. The van der Waals surface area contributed by atoms with Gasteiger partial charge in [-0.15, -0.1) is 0 Å². The fourth-order valence-corrected chi connectivity index (χ4v) is 1.97. The third-order valence-electron chi connectivity index (χ3n) is 3.00. The van der Waals surface area contributed by atoms with Gasteiger partial charge in [-0.05, 0) is 42.0 Å². The van der Waals surface area contributed by atoms with Crippen LogP contribution >= 0.6 is 12.2 Å². The summed E-state index contributed by atoms with van der Waals surface area (Å²) in [5.41, 5.74) is 0.499. The summed E-state index contributed by atoms with van der Waals surface area (Å²) < 4.78 is 6.40. The number of benzene rings is 1. The van der Waals surface area contributed by atoms with E-state index in [9.17, 15) is 4.79 Å². The number of H-pyrrole nitrogens is 1. The molecule has 0 aliphatic rings. The number of rotatable bonds is 3. The van der Waals surface area contributed by atoms with Crippen LogP contribution in [0.25, 0.3) is 0 Å².